The lowest BCUT2D eigenvalue weighted by molar-refractivity contribution is -0.248. The van der Waals surface area contributed by atoms with Gasteiger partial charge in [-0.05, 0) is 63.7 Å². The monoisotopic (exact) mass is 532 g/mol. The van der Waals surface area contributed by atoms with Crippen molar-refractivity contribution < 1.29 is 51.8 Å². The first-order chi connectivity index (χ1) is 16.4. The van der Waals surface area contributed by atoms with Gasteiger partial charge in [0.2, 0.25) is 0 Å². The molecule has 9 nitrogen and oxygen atoms in total. The highest BCUT2D eigenvalue weighted by atomic mass is 31.2. The number of ketones is 2. The Morgan fingerprint density at radius 1 is 1.22 bits per heavy atom. The van der Waals surface area contributed by atoms with Gasteiger partial charge < -0.3 is 24.4 Å². The molecule has 2 unspecified atom stereocenters. The molecular weight excluding hydrogens is 501 g/mol. The van der Waals surface area contributed by atoms with E-state index in [0.717, 1.165) is 6.08 Å². The number of halogens is 2. The summed E-state index contributed by atoms with van der Waals surface area (Å²) in [5.41, 5.74) is -7.01. The number of carbonyl (C=O) groups excluding carboxylic acids is 2. The molecule has 0 bridgehead atoms. The molecule has 1 aliphatic heterocycles. The van der Waals surface area contributed by atoms with Crippen LogP contribution in [-0.2, 0) is 28.2 Å². The molecule has 4 aliphatic carbocycles. The number of aliphatic hydroxyl groups excluding tert-OH is 1. The number of phosphoric acid groups is 1. The summed E-state index contributed by atoms with van der Waals surface area (Å²) in [6.07, 6.45) is -1.09. The predicted octanol–water partition coefficient (Wildman–Crippen LogP) is 2.48. The molecule has 0 radical (unpaired) electrons. The maximum absolute atomic E-state index is 17.3. The average molecular weight is 532 g/mol. The van der Waals surface area contributed by atoms with E-state index in [1.54, 1.807) is 20.8 Å². The Bertz CT molecular complexity index is 1130. The first-order valence-electron chi connectivity index (χ1n) is 12.0. The molecule has 0 aromatic heterocycles. The second kappa shape index (κ2) is 7.62. The SMILES string of the molecule is CC1(C)O[C@@H]2CC3C4C[C@H](F)C5=CC(=O)C=C[C@]5(C)[C@@]4(F)[C@@H](O)C[C@]3(C)[C@]2(C(=O)COP(=O)(O)O)O1. The van der Waals surface area contributed by atoms with E-state index < -0.39 is 84.1 Å². The molecule has 0 aromatic carbocycles. The second-order valence-corrected chi connectivity index (χ2v) is 12.9. The number of hydrogen-bond donors (Lipinski definition) is 3. The van der Waals surface area contributed by atoms with Crippen molar-refractivity contribution in [2.45, 2.75) is 82.4 Å². The number of carbonyl (C=O) groups is 2. The molecule has 5 rings (SSSR count). The Kier molecular flexibility index (Phi) is 5.56. The Morgan fingerprint density at radius 2 is 1.89 bits per heavy atom. The van der Waals surface area contributed by atoms with Gasteiger partial charge in [-0.15, -0.1) is 0 Å². The van der Waals surface area contributed by atoms with Gasteiger partial charge in [-0.2, -0.15) is 0 Å². The van der Waals surface area contributed by atoms with Crippen LogP contribution in [0.4, 0.5) is 8.78 Å². The van der Waals surface area contributed by atoms with Crippen molar-refractivity contribution in [1.29, 1.82) is 0 Å². The van der Waals surface area contributed by atoms with Crippen LogP contribution in [-0.4, -0.2) is 68.5 Å². The summed E-state index contributed by atoms with van der Waals surface area (Å²) >= 11 is 0. The molecule has 0 spiro atoms. The number of rotatable bonds is 4. The fraction of sp³-hybridized carbons (Fsp3) is 0.750. The molecule has 1 saturated heterocycles. The maximum atomic E-state index is 17.3. The lowest BCUT2D eigenvalue weighted by Gasteiger charge is -2.63. The number of aliphatic hydroxyl groups is 1. The van der Waals surface area contributed by atoms with Crippen LogP contribution in [0.15, 0.2) is 23.8 Å². The number of ether oxygens (including phenoxy) is 2. The fourth-order valence-electron chi connectivity index (χ4n) is 8.05. The van der Waals surface area contributed by atoms with Gasteiger partial charge in [-0.25, -0.2) is 13.3 Å². The fourth-order valence-corrected chi connectivity index (χ4v) is 8.34. The van der Waals surface area contributed by atoms with Gasteiger partial charge in [0.1, 0.15) is 12.8 Å². The molecule has 3 saturated carbocycles. The number of phosphoric ester groups is 1. The van der Waals surface area contributed by atoms with Crippen LogP contribution in [0.5, 0.6) is 0 Å². The van der Waals surface area contributed by atoms with Gasteiger partial charge in [0.05, 0.1) is 12.2 Å². The van der Waals surface area contributed by atoms with Crippen LogP contribution in [0, 0.1) is 22.7 Å². The van der Waals surface area contributed by atoms with Crippen LogP contribution >= 0.6 is 7.82 Å². The van der Waals surface area contributed by atoms with E-state index in [1.807, 2.05) is 0 Å². The van der Waals surface area contributed by atoms with Gasteiger partial charge in [-0.3, -0.25) is 14.1 Å². The van der Waals surface area contributed by atoms with Crippen molar-refractivity contribution >= 4 is 19.4 Å². The maximum Gasteiger partial charge on any atom is 0.470 e. The minimum absolute atomic E-state index is 0.0101. The highest BCUT2D eigenvalue weighted by Crippen LogP contribution is 2.72. The molecule has 36 heavy (non-hydrogen) atoms. The van der Waals surface area contributed by atoms with E-state index in [0.29, 0.717) is 0 Å². The third kappa shape index (κ3) is 3.23. The Hall–Kier alpha value is -1.33. The third-order valence-corrected chi connectivity index (χ3v) is 9.86. The molecule has 0 amide bonds. The lowest BCUT2D eigenvalue weighted by atomic mass is 9.44. The van der Waals surface area contributed by atoms with E-state index in [9.17, 15) is 19.3 Å². The zero-order valence-electron chi connectivity index (χ0n) is 20.4. The highest BCUT2D eigenvalue weighted by Gasteiger charge is 2.80. The molecule has 12 heteroatoms. The summed E-state index contributed by atoms with van der Waals surface area (Å²) < 4.78 is 60.9. The Balaban J connectivity index is 1.61. The van der Waals surface area contributed by atoms with E-state index in [2.05, 4.69) is 4.52 Å². The summed E-state index contributed by atoms with van der Waals surface area (Å²) in [5, 5.41) is 11.4. The quantitative estimate of drug-likeness (QED) is 0.466. The topological polar surface area (TPSA) is 140 Å². The summed E-state index contributed by atoms with van der Waals surface area (Å²) in [7, 11) is -4.99. The first kappa shape index (κ1) is 26.3. The standard InChI is InChI=1S/C24H31F2O9P/c1-20(2)34-19-9-13-14-8-16(25)15-7-12(27)5-6-21(15,3)23(14,26)17(28)10-22(13,4)24(19,35-20)18(29)11-33-36(30,31)32/h5-7,13-14,16-17,19,28H,8-11H2,1-4H3,(H2,30,31,32)/t13?,14?,16-,17-,19+,21-,22-,23-,24+/m0/s1. The van der Waals surface area contributed by atoms with Crippen LogP contribution in [0.1, 0.15) is 47.0 Å². The van der Waals surface area contributed by atoms with Gasteiger partial charge >= 0.3 is 7.82 Å². The lowest BCUT2D eigenvalue weighted by Crippen LogP contribution is -2.71. The van der Waals surface area contributed by atoms with Gasteiger partial charge in [0, 0.05) is 16.7 Å². The number of alkyl halides is 2. The molecule has 0 aromatic rings. The van der Waals surface area contributed by atoms with Crippen LogP contribution in [0.25, 0.3) is 0 Å². The molecule has 1 heterocycles. The number of Topliss-reactive ketones (excluding diaryl/α,β-unsaturated/α-hetero) is 1. The van der Waals surface area contributed by atoms with Gasteiger partial charge in [0.15, 0.2) is 28.6 Å². The van der Waals surface area contributed by atoms with Crippen LogP contribution in [0.2, 0.25) is 0 Å². The molecule has 9 atom stereocenters. The summed E-state index contributed by atoms with van der Waals surface area (Å²) in [6, 6.07) is 0. The second-order valence-electron chi connectivity index (χ2n) is 11.6. The molecule has 200 valence electrons. The zero-order valence-corrected chi connectivity index (χ0v) is 21.3. The third-order valence-electron chi connectivity index (χ3n) is 9.40. The van der Waals surface area contributed by atoms with E-state index in [4.69, 9.17) is 19.3 Å². The summed E-state index contributed by atoms with van der Waals surface area (Å²) in [6.45, 7) is 5.32. The molecule has 4 fully saturated rings. The van der Waals surface area contributed by atoms with Crippen molar-refractivity contribution in [2.24, 2.45) is 22.7 Å². The highest BCUT2D eigenvalue weighted by molar-refractivity contribution is 7.46. The largest absolute Gasteiger partial charge is 0.470 e. The summed E-state index contributed by atoms with van der Waals surface area (Å²) in [4.78, 5) is 43.9. The van der Waals surface area contributed by atoms with Crippen molar-refractivity contribution in [3.8, 4) is 0 Å². The zero-order chi connectivity index (χ0) is 26.7. The minimum atomic E-state index is -4.99. The van der Waals surface area contributed by atoms with Crippen LogP contribution in [0.3, 0.4) is 0 Å². The number of hydrogen-bond acceptors (Lipinski definition) is 7. The number of allylic oxidation sites excluding steroid dienone is 4. The van der Waals surface area contributed by atoms with Crippen molar-refractivity contribution in [3.05, 3.63) is 23.8 Å². The number of fused-ring (bicyclic) bond motifs is 7. The smallest absolute Gasteiger partial charge is 0.390 e. The van der Waals surface area contributed by atoms with Crippen molar-refractivity contribution in [1.82, 2.24) is 0 Å². The van der Waals surface area contributed by atoms with Crippen molar-refractivity contribution in [2.75, 3.05) is 6.61 Å². The summed E-state index contributed by atoms with van der Waals surface area (Å²) in [5.74, 6) is -4.25. The van der Waals surface area contributed by atoms with E-state index in [-0.39, 0.29) is 24.8 Å². The van der Waals surface area contributed by atoms with Crippen LogP contribution < -0.4 is 0 Å². The predicted molar refractivity (Wildman–Crippen MR) is 120 cm³/mol. The van der Waals surface area contributed by atoms with E-state index >= 15 is 8.78 Å². The minimum Gasteiger partial charge on any atom is -0.390 e. The van der Waals surface area contributed by atoms with Gasteiger partial charge in [0.25, 0.3) is 0 Å². The van der Waals surface area contributed by atoms with Gasteiger partial charge in [-0.1, -0.05) is 13.0 Å². The first-order valence-corrected chi connectivity index (χ1v) is 13.5. The normalized spacial score (nSPS) is 49.1. The Morgan fingerprint density at radius 3 is 2.53 bits per heavy atom. The Labute approximate surface area is 207 Å². The molecule has 3 N–H and O–H groups in total. The molecular formula is C24H31F2O9P. The van der Waals surface area contributed by atoms with Crippen molar-refractivity contribution in [3.63, 3.8) is 0 Å². The van der Waals surface area contributed by atoms with E-state index in [1.165, 1.54) is 19.1 Å². The molecule has 5 aliphatic rings. The average Bonchev–Trinajstić information content (AvgIpc) is 3.16.